The second-order valence-corrected chi connectivity index (χ2v) is 6.50. The third-order valence-corrected chi connectivity index (χ3v) is 4.43. The van der Waals surface area contributed by atoms with E-state index in [4.69, 9.17) is 4.52 Å². The first-order valence-electron chi connectivity index (χ1n) is 8.29. The van der Waals surface area contributed by atoms with Crippen molar-refractivity contribution >= 4 is 5.82 Å². The van der Waals surface area contributed by atoms with Crippen LogP contribution in [0.1, 0.15) is 42.0 Å². The minimum atomic E-state index is 0.550. The first-order valence-corrected chi connectivity index (χ1v) is 8.29. The number of nitrogens with zero attached hydrogens (tertiary/aromatic N) is 6. The van der Waals surface area contributed by atoms with Gasteiger partial charge in [-0.25, -0.2) is 9.97 Å². The molecular weight excluding hydrogens is 292 g/mol. The standard InChI is InChI=1S/C16H22N6O/c1-11-9-14(18-12(2)17-11)22-7-5-21(6-8-22)10-15-19-16(20-23-15)13-3-4-13/h9,13H,3-8,10H2,1-2H3. The molecule has 0 spiro atoms. The van der Waals surface area contributed by atoms with Gasteiger partial charge in [-0.3, -0.25) is 4.90 Å². The monoisotopic (exact) mass is 314 g/mol. The Balaban J connectivity index is 1.34. The third-order valence-electron chi connectivity index (χ3n) is 4.43. The molecule has 0 unspecified atom stereocenters. The van der Waals surface area contributed by atoms with Crippen molar-refractivity contribution in [2.24, 2.45) is 0 Å². The van der Waals surface area contributed by atoms with Crippen molar-refractivity contribution < 1.29 is 4.52 Å². The summed E-state index contributed by atoms with van der Waals surface area (Å²) in [7, 11) is 0. The van der Waals surface area contributed by atoms with Crippen LogP contribution in [0.2, 0.25) is 0 Å². The molecule has 0 amide bonds. The van der Waals surface area contributed by atoms with E-state index in [1.165, 1.54) is 12.8 Å². The van der Waals surface area contributed by atoms with Gasteiger partial charge in [0.25, 0.3) is 0 Å². The molecular formula is C16H22N6O. The van der Waals surface area contributed by atoms with Gasteiger partial charge in [-0.2, -0.15) is 4.98 Å². The molecule has 2 fully saturated rings. The highest BCUT2D eigenvalue weighted by molar-refractivity contribution is 5.40. The first-order chi connectivity index (χ1) is 11.2. The third kappa shape index (κ3) is 3.34. The normalized spacial score (nSPS) is 19.3. The molecule has 2 aromatic rings. The zero-order valence-electron chi connectivity index (χ0n) is 13.7. The van der Waals surface area contributed by atoms with E-state index >= 15 is 0 Å². The molecule has 2 aromatic heterocycles. The van der Waals surface area contributed by atoms with Crippen LogP contribution in [-0.4, -0.2) is 51.2 Å². The van der Waals surface area contributed by atoms with E-state index in [-0.39, 0.29) is 0 Å². The minimum absolute atomic E-state index is 0.550. The molecule has 1 aliphatic carbocycles. The summed E-state index contributed by atoms with van der Waals surface area (Å²) in [5.41, 5.74) is 1.02. The number of aryl methyl sites for hydroxylation is 2. The highest BCUT2D eigenvalue weighted by Gasteiger charge is 2.29. The molecule has 7 heteroatoms. The molecule has 0 atom stereocenters. The molecule has 3 heterocycles. The fourth-order valence-corrected chi connectivity index (χ4v) is 3.03. The van der Waals surface area contributed by atoms with Crippen LogP contribution in [0.3, 0.4) is 0 Å². The van der Waals surface area contributed by atoms with Gasteiger partial charge in [0.2, 0.25) is 5.89 Å². The highest BCUT2D eigenvalue weighted by atomic mass is 16.5. The van der Waals surface area contributed by atoms with E-state index in [0.717, 1.165) is 61.8 Å². The van der Waals surface area contributed by atoms with Crippen LogP contribution in [0.5, 0.6) is 0 Å². The topological polar surface area (TPSA) is 71.2 Å². The largest absolute Gasteiger partial charge is 0.354 e. The summed E-state index contributed by atoms with van der Waals surface area (Å²) in [6, 6.07) is 2.06. The average Bonchev–Trinajstić information content (AvgIpc) is 3.27. The number of rotatable bonds is 4. The van der Waals surface area contributed by atoms with Crippen LogP contribution in [0.25, 0.3) is 0 Å². The zero-order chi connectivity index (χ0) is 15.8. The predicted molar refractivity (Wildman–Crippen MR) is 85.3 cm³/mol. The predicted octanol–water partition coefficient (Wildman–Crippen LogP) is 1.68. The lowest BCUT2D eigenvalue weighted by Gasteiger charge is -2.34. The Labute approximate surface area is 135 Å². The quantitative estimate of drug-likeness (QED) is 0.850. The molecule has 0 bridgehead atoms. The van der Waals surface area contributed by atoms with Crippen LogP contribution in [0.15, 0.2) is 10.6 Å². The maximum Gasteiger partial charge on any atom is 0.240 e. The van der Waals surface area contributed by atoms with Crippen LogP contribution in [0.4, 0.5) is 5.82 Å². The summed E-state index contributed by atoms with van der Waals surface area (Å²) < 4.78 is 5.37. The SMILES string of the molecule is Cc1cc(N2CCN(Cc3nc(C4CC4)no3)CC2)nc(C)n1. The van der Waals surface area contributed by atoms with Crippen molar-refractivity contribution in [3.8, 4) is 0 Å². The molecule has 1 aliphatic heterocycles. The molecule has 2 aliphatic rings. The van der Waals surface area contributed by atoms with Crippen molar-refractivity contribution in [2.45, 2.75) is 39.2 Å². The molecule has 7 nitrogen and oxygen atoms in total. The Morgan fingerprint density at radius 3 is 2.57 bits per heavy atom. The number of aromatic nitrogens is 4. The molecule has 4 rings (SSSR count). The first kappa shape index (κ1) is 14.6. The van der Waals surface area contributed by atoms with E-state index in [1.54, 1.807) is 0 Å². The average molecular weight is 314 g/mol. The summed E-state index contributed by atoms with van der Waals surface area (Å²) in [5, 5.41) is 4.09. The summed E-state index contributed by atoms with van der Waals surface area (Å²) in [5.74, 6) is 4.05. The lowest BCUT2D eigenvalue weighted by atomic mass is 10.3. The minimum Gasteiger partial charge on any atom is -0.354 e. The van der Waals surface area contributed by atoms with Gasteiger partial charge in [0.1, 0.15) is 11.6 Å². The van der Waals surface area contributed by atoms with Gasteiger partial charge in [0.15, 0.2) is 5.82 Å². The molecule has 0 N–H and O–H groups in total. The Hall–Kier alpha value is -2.02. The summed E-state index contributed by atoms with van der Waals surface area (Å²) in [6.07, 6.45) is 2.41. The van der Waals surface area contributed by atoms with Gasteiger partial charge >= 0.3 is 0 Å². The van der Waals surface area contributed by atoms with Gasteiger partial charge in [-0.1, -0.05) is 5.16 Å². The Morgan fingerprint density at radius 1 is 1.09 bits per heavy atom. The van der Waals surface area contributed by atoms with Crippen LogP contribution in [0, 0.1) is 13.8 Å². The van der Waals surface area contributed by atoms with Gasteiger partial charge in [-0.15, -0.1) is 0 Å². The molecule has 23 heavy (non-hydrogen) atoms. The lowest BCUT2D eigenvalue weighted by Crippen LogP contribution is -2.46. The van der Waals surface area contributed by atoms with Crippen LogP contribution < -0.4 is 4.90 Å². The molecule has 0 radical (unpaired) electrons. The highest BCUT2D eigenvalue weighted by Crippen LogP contribution is 2.38. The number of piperazine rings is 1. The van der Waals surface area contributed by atoms with Crippen molar-refractivity contribution in [2.75, 3.05) is 31.1 Å². The van der Waals surface area contributed by atoms with Gasteiger partial charge < -0.3 is 9.42 Å². The summed E-state index contributed by atoms with van der Waals surface area (Å²) in [6.45, 7) is 8.57. The summed E-state index contributed by atoms with van der Waals surface area (Å²) >= 11 is 0. The number of hydrogen-bond acceptors (Lipinski definition) is 7. The number of anilines is 1. The molecule has 122 valence electrons. The second kappa shape index (κ2) is 5.88. The smallest absolute Gasteiger partial charge is 0.240 e. The second-order valence-electron chi connectivity index (χ2n) is 6.50. The molecule has 1 saturated heterocycles. The van der Waals surface area contributed by atoms with E-state index < -0.39 is 0 Å². The van der Waals surface area contributed by atoms with E-state index in [1.807, 2.05) is 13.8 Å². The van der Waals surface area contributed by atoms with Gasteiger partial charge in [0.05, 0.1) is 6.54 Å². The Kier molecular flexibility index (Phi) is 3.72. The molecule has 1 saturated carbocycles. The Morgan fingerprint density at radius 2 is 1.87 bits per heavy atom. The van der Waals surface area contributed by atoms with Crippen molar-refractivity contribution in [3.63, 3.8) is 0 Å². The fraction of sp³-hybridized carbons (Fsp3) is 0.625. The van der Waals surface area contributed by atoms with Crippen LogP contribution >= 0.6 is 0 Å². The van der Waals surface area contributed by atoms with Crippen molar-refractivity contribution in [1.29, 1.82) is 0 Å². The zero-order valence-corrected chi connectivity index (χ0v) is 13.7. The van der Waals surface area contributed by atoms with Gasteiger partial charge in [0, 0.05) is 43.9 Å². The maximum atomic E-state index is 5.37. The van der Waals surface area contributed by atoms with Crippen molar-refractivity contribution in [3.05, 3.63) is 29.3 Å². The molecule has 0 aromatic carbocycles. The number of hydrogen-bond donors (Lipinski definition) is 0. The van der Waals surface area contributed by atoms with Crippen molar-refractivity contribution in [1.82, 2.24) is 25.0 Å². The van der Waals surface area contributed by atoms with Gasteiger partial charge in [-0.05, 0) is 26.7 Å². The fourth-order valence-electron chi connectivity index (χ4n) is 3.03. The summed E-state index contributed by atoms with van der Waals surface area (Å²) in [4.78, 5) is 18.1. The van der Waals surface area contributed by atoms with E-state index in [2.05, 4.69) is 36.0 Å². The Bertz CT molecular complexity index is 667. The lowest BCUT2D eigenvalue weighted by molar-refractivity contribution is 0.215. The van der Waals surface area contributed by atoms with Crippen LogP contribution in [-0.2, 0) is 6.54 Å². The van der Waals surface area contributed by atoms with E-state index in [9.17, 15) is 0 Å². The van der Waals surface area contributed by atoms with E-state index in [0.29, 0.717) is 5.92 Å². The maximum absolute atomic E-state index is 5.37.